The Hall–Kier alpha value is -0.610. The number of nitrogens with zero attached hydrogens (tertiary/aromatic N) is 1. The third kappa shape index (κ3) is 3.27. The number of hydrogen-bond donors (Lipinski definition) is 1. The van der Waals surface area contributed by atoms with E-state index in [-0.39, 0.29) is 12.5 Å². The highest BCUT2D eigenvalue weighted by molar-refractivity contribution is 5.77. The number of likely N-dealkylation sites (tertiary alicyclic amines) is 1. The average molecular weight is 200 g/mol. The van der Waals surface area contributed by atoms with Crippen molar-refractivity contribution in [3.63, 3.8) is 0 Å². The van der Waals surface area contributed by atoms with E-state index < -0.39 is 0 Å². The van der Waals surface area contributed by atoms with Crippen LogP contribution in [0.1, 0.15) is 12.8 Å². The van der Waals surface area contributed by atoms with Crippen LogP contribution in [-0.2, 0) is 9.53 Å². The van der Waals surface area contributed by atoms with Crippen LogP contribution in [0.5, 0.6) is 0 Å². The van der Waals surface area contributed by atoms with Gasteiger partial charge in [-0.3, -0.25) is 4.79 Å². The first-order chi connectivity index (χ1) is 6.77. The van der Waals surface area contributed by atoms with E-state index in [1.165, 1.54) is 6.42 Å². The topological polar surface area (TPSA) is 41.6 Å². The first-order valence-corrected chi connectivity index (χ1v) is 5.19. The van der Waals surface area contributed by atoms with Gasteiger partial charge >= 0.3 is 0 Å². The van der Waals surface area contributed by atoms with Crippen LogP contribution in [-0.4, -0.2) is 51.2 Å². The molecule has 1 heterocycles. The highest BCUT2D eigenvalue weighted by Gasteiger charge is 2.22. The molecule has 0 aliphatic carbocycles. The minimum absolute atomic E-state index is 0.119. The van der Waals surface area contributed by atoms with Crippen LogP contribution >= 0.6 is 0 Å². The molecular formula is C10H20N2O2. The second kappa shape index (κ2) is 5.98. The van der Waals surface area contributed by atoms with Crippen LogP contribution in [0.4, 0.5) is 0 Å². The van der Waals surface area contributed by atoms with Crippen molar-refractivity contribution in [1.29, 1.82) is 0 Å². The number of carbonyl (C=O) groups is 1. The van der Waals surface area contributed by atoms with Gasteiger partial charge in [-0.1, -0.05) is 0 Å². The molecule has 14 heavy (non-hydrogen) atoms. The summed E-state index contributed by atoms with van der Waals surface area (Å²) in [7, 11) is 3.52. The maximum absolute atomic E-state index is 11.5. The quantitative estimate of drug-likeness (QED) is 0.699. The minimum atomic E-state index is 0.119. The Morgan fingerprint density at radius 3 is 3.07 bits per heavy atom. The lowest BCUT2D eigenvalue weighted by Gasteiger charge is -2.32. The van der Waals surface area contributed by atoms with Gasteiger partial charge in [0.25, 0.3) is 0 Å². The fourth-order valence-corrected chi connectivity index (χ4v) is 1.96. The summed E-state index contributed by atoms with van der Waals surface area (Å²) in [4.78, 5) is 13.4. The molecule has 0 spiro atoms. The lowest BCUT2D eigenvalue weighted by atomic mass is 9.98. The average Bonchev–Trinajstić information content (AvgIpc) is 2.19. The Bertz CT molecular complexity index is 183. The molecule has 1 fully saturated rings. The van der Waals surface area contributed by atoms with Gasteiger partial charge in [0.2, 0.25) is 5.91 Å². The lowest BCUT2D eigenvalue weighted by Crippen LogP contribution is -2.43. The molecule has 1 amide bonds. The van der Waals surface area contributed by atoms with Gasteiger partial charge in [0.1, 0.15) is 6.61 Å². The van der Waals surface area contributed by atoms with Crippen molar-refractivity contribution < 1.29 is 9.53 Å². The summed E-state index contributed by atoms with van der Waals surface area (Å²) in [5, 5.41) is 3.16. The van der Waals surface area contributed by atoms with Crippen molar-refractivity contribution in [3.8, 4) is 0 Å². The number of piperidine rings is 1. The van der Waals surface area contributed by atoms with Crippen LogP contribution in [0.25, 0.3) is 0 Å². The van der Waals surface area contributed by atoms with Crippen molar-refractivity contribution in [3.05, 3.63) is 0 Å². The molecule has 4 nitrogen and oxygen atoms in total. The largest absolute Gasteiger partial charge is 0.375 e. The maximum atomic E-state index is 11.5. The fraction of sp³-hybridized carbons (Fsp3) is 0.900. The minimum Gasteiger partial charge on any atom is -0.375 e. The summed E-state index contributed by atoms with van der Waals surface area (Å²) in [6, 6.07) is 0. The van der Waals surface area contributed by atoms with Crippen LogP contribution in [0.2, 0.25) is 0 Å². The van der Waals surface area contributed by atoms with Gasteiger partial charge in [-0.15, -0.1) is 0 Å². The third-order valence-electron chi connectivity index (χ3n) is 2.63. The number of methoxy groups -OCH3 is 1. The monoisotopic (exact) mass is 200 g/mol. The van der Waals surface area contributed by atoms with Crippen LogP contribution in [0.15, 0.2) is 0 Å². The van der Waals surface area contributed by atoms with Gasteiger partial charge in [-0.2, -0.15) is 0 Å². The van der Waals surface area contributed by atoms with Crippen molar-refractivity contribution in [2.45, 2.75) is 12.8 Å². The van der Waals surface area contributed by atoms with E-state index in [4.69, 9.17) is 4.74 Å². The molecule has 82 valence electrons. The van der Waals surface area contributed by atoms with E-state index in [0.29, 0.717) is 5.92 Å². The summed E-state index contributed by atoms with van der Waals surface area (Å²) >= 11 is 0. The first-order valence-electron chi connectivity index (χ1n) is 5.19. The smallest absolute Gasteiger partial charge is 0.248 e. The number of carbonyl (C=O) groups excluding carboxylic acids is 1. The SMILES string of the molecule is CNCC1CCCN(C(=O)COC)C1. The van der Waals surface area contributed by atoms with Crippen molar-refractivity contribution in [2.24, 2.45) is 5.92 Å². The van der Waals surface area contributed by atoms with E-state index in [1.807, 2.05) is 11.9 Å². The van der Waals surface area contributed by atoms with Crippen molar-refractivity contribution in [2.75, 3.05) is 40.4 Å². The van der Waals surface area contributed by atoms with Crippen molar-refractivity contribution in [1.82, 2.24) is 10.2 Å². The first kappa shape index (κ1) is 11.5. The molecule has 1 rings (SSSR count). The second-order valence-corrected chi connectivity index (χ2v) is 3.84. The van der Waals surface area contributed by atoms with Crippen LogP contribution in [0, 0.1) is 5.92 Å². The van der Waals surface area contributed by atoms with Gasteiger partial charge < -0.3 is 15.0 Å². The molecule has 1 aliphatic rings. The molecule has 1 saturated heterocycles. The molecule has 0 aromatic rings. The summed E-state index contributed by atoms with van der Waals surface area (Å²) in [5.74, 6) is 0.725. The predicted octanol–water partition coefficient (Wildman–Crippen LogP) is 0.0908. The molecule has 0 saturated carbocycles. The molecule has 1 unspecified atom stereocenters. The Morgan fingerprint density at radius 1 is 1.64 bits per heavy atom. The van der Waals surface area contributed by atoms with Crippen LogP contribution < -0.4 is 5.32 Å². The van der Waals surface area contributed by atoms with Gasteiger partial charge in [-0.05, 0) is 32.4 Å². The van der Waals surface area contributed by atoms with Gasteiger partial charge in [0.15, 0.2) is 0 Å². The summed E-state index contributed by atoms with van der Waals surface area (Å²) in [6.45, 7) is 2.98. The van der Waals surface area contributed by atoms with Gasteiger partial charge in [-0.25, -0.2) is 0 Å². The zero-order valence-corrected chi connectivity index (χ0v) is 9.08. The number of nitrogens with one attached hydrogen (secondary N) is 1. The van der Waals surface area contributed by atoms with E-state index in [0.717, 1.165) is 26.1 Å². The maximum Gasteiger partial charge on any atom is 0.248 e. The van der Waals surface area contributed by atoms with Gasteiger partial charge in [0, 0.05) is 20.2 Å². The number of ether oxygens (including phenoxy) is 1. The molecule has 0 bridgehead atoms. The molecular weight excluding hydrogens is 180 g/mol. The second-order valence-electron chi connectivity index (χ2n) is 3.84. The Balaban J connectivity index is 2.35. The van der Waals surface area contributed by atoms with E-state index in [1.54, 1.807) is 7.11 Å². The molecule has 1 N–H and O–H groups in total. The highest BCUT2D eigenvalue weighted by atomic mass is 16.5. The Labute approximate surface area is 85.6 Å². The molecule has 0 aromatic carbocycles. The van der Waals surface area contributed by atoms with Crippen molar-refractivity contribution >= 4 is 5.91 Å². The molecule has 4 heteroatoms. The molecule has 0 aromatic heterocycles. The molecule has 1 atom stereocenters. The summed E-state index contributed by atoms with van der Waals surface area (Å²) < 4.78 is 4.85. The van der Waals surface area contributed by atoms with E-state index in [9.17, 15) is 4.79 Å². The van der Waals surface area contributed by atoms with E-state index in [2.05, 4.69) is 5.32 Å². The number of rotatable bonds is 4. The Morgan fingerprint density at radius 2 is 2.43 bits per heavy atom. The molecule has 1 aliphatic heterocycles. The number of hydrogen-bond acceptors (Lipinski definition) is 3. The lowest BCUT2D eigenvalue weighted by molar-refractivity contribution is -0.136. The standard InChI is InChI=1S/C10H20N2O2/c1-11-6-9-4-3-5-12(7-9)10(13)8-14-2/h9,11H,3-8H2,1-2H3. The summed E-state index contributed by atoms with van der Waals surface area (Å²) in [6.07, 6.45) is 2.33. The van der Waals surface area contributed by atoms with E-state index >= 15 is 0 Å². The molecule has 0 radical (unpaired) electrons. The third-order valence-corrected chi connectivity index (χ3v) is 2.63. The summed E-state index contributed by atoms with van der Waals surface area (Å²) in [5.41, 5.74) is 0. The highest BCUT2D eigenvalue weighted by Crippen LogP contribution is 2.15. The predicted molar refractivity (Wildman–Crippen MR) is 55.1 cm³/mol. The number of amides is 1. The zero-order chi connectivity index (χ0) is 10.4. The van der Waals surface area contributed by atoms with Crippen LogP contribution in [0.3, 0.4) is 0 Å². The fourth-order valence-electron chi connectivity index (χ4n) is 1.96. The normalized spacial score (nSPS) is 22.4. The zero-order valence-electron chi connectivity index (χ0n) is 9.08. The van der Waals surface area contributed by atoms with Gasteiger partial charge in [0.05, 0.1) is 0 Å². The Kier molecular flexibility index (Phi) is 4.90.